The van der Waals surface area contributed by atoms with E-state index in [0.717, 1.165) is 40.9 Å². The lowest BCUT2D eigenvalue weighted by molar-refractivity contribution is 0.0701. The molecule has 108 valence electrons. The van der Waals surface area contributed by atoms with Crippen LogP contribution in [0.2, 0.25) is 0 Å². The van der Waals surface area contributed by atoms with E-state index in [1.54, 1.807) is 0 Å². The highest BCUT2D eigenvalue weighted by Gasteiger charge is 2.19. The molecule has 2 aromatic heterocycles. The number of aryl methyl sites for hydroxylation is 1. The third-order valence-electron chi connectivity index (χ3n) is 3.29. The highest BCUT2D eigenvalue weighted by molar-refractivity contribution is 7.20. The molecule has 0 aromatic carbocycles. The summed E-state index contributed by atoms with van der Waals surface area (Å²) in [5, 5.41) is 13.4. The van der Waals surface area contributed by atoms with Crippen molar-refractivity contribution in [3.63, 3.8) is 0 Å². The molecule has 6 heteroatoms. The molecule has 2 aromatic rings. The number of nitrogens with one attached hydrogen (secondary N) is 1. The van der Waals surface area contributed by atoms with Gasteiger partial charge in [0, 0.05) is 6.04 Å². The molecular weight excluding hydrogens is 274 g/mol. The number of carboxylic acids is 1. The fourth-order valence-electron chi connectivity index (χ4n) is 2.20. The minimum Gasteiger partial charge on any atom is -0.477 e. The van der Waals surface area contributed by atoms with E-state index < -0.39 is 5.97 Å². The van der Waals surface area contributed by atoms with Gasteiger partial charge in [-0.1, -0.05) is 19.8 Å². The lowest BCUT2D eigenvalue weighted by atomic mass is 10.1. The minimum absolute atomic E-state index is 0.306. The summed E-state index contributed by atoms with van der Waals surface area (Å²) in [5.74, 6) is -0.171. The fourth-order valence-corrected chi connectivity index (χ4v) is 3.19. The number of anilines is 1. The highest BCUT2D eigenvalue weighted by Crippen LogP contribution is 2.33. The Labute approximate surface area is 122 Å². The summed E-state index contributed by atoms with van der Waals surface area (Å²) in [6.45, 7) is 6.09. The Morgan fingerprint density at radius 3 is 2.90 bits per heavy atom. The molecule has 5 nitrogen and oxygen atoms in total. The highest BCUT2D eigenvalue weighted by atomic mass is 32.1. The van der Waals surface area contributed by atoms with Crippen molar-refractivity contribution >= 4 is 33.3 Å². The first-order valence-electron chi connectivity index (χ1n) is 6.78. The zero-order valence-electron chi connectivity index (χ0n) is 11.9. The van der Waals surface area contributed by atoms with Gasteiger partial charge in [-0.05, 0) is 25.8 Å². The van der Waals surface area contributed by atoms with Gasteiger partial charge in [-0.25, -0.2) is 14.8 Å². The van der Waals surface area contributed by atoms with Crippen LogP contribution in [0.1, 0.15) is 48.3 Å². The van der Waals surface area contributed by atoms with Gasteiger partial charge in [0.15, 0.2) is 0 Å². The van der Waals surface area contributed by atoms with Crippen molar-refractivity contribution in [3.05, 3.63) is 16.8 Å². The van der Waals surface area contributed by atoms with Crippen LogP contribution >= 0.6 is 11.3 Å². The van der Waals surface area contributed by atoms with Crippen molar-refractivity contribution in [1.82, 2.24) is 9.97 Å². The molecule has 2 N–H and O–H groups in total. The molecule has 2 rings (SSSR count). The second-order valence-corrected chi connectivity index (χ2v) is 5.95. The van der Waals surface area contributed by atoms with E-state index in [1.807, 2.05) is 6.92 Å². The number of aromatic carboxylic acids is 1. The van der Waals surface area contributed by atoms with Crippen LogP contribution in [0.25, 0.3) is 10.2 Å². The third kappa shape index (κ3) is 2.90. The summed E-state index contributed by atoms with van der Waals surface area (Å²) in [5.41, 5.74) is 0.739. The Morgan fingerprint density at radius 1 is 1.50 bits per heavy atom. The Bertz CT molecular complexity index is 624. The van der Waals surface area contributed by atoms with Crippen LogP contribution in [-0.2, 0) is 0 Å². The number of carboxylic acid groups (broad SMARTS) is 1. The minimum atomic E-state index is -0.907. The maximum atomic E-state index is 11.2. The van der Waals surface area contributed by atoms with Crippen molar-refractivity contribution in [2.24, 2.45) is 0 Å². The molecule has 20 heavy (non-hydrogen) atoms. The van der Waals surface area contributed by atoms with Gasteiger partial charge >= 0.3 is 5.97 Å². The lowest BCUT2D eigenvalue weighted by Gasteiger charge is -2.14. The standard InChI is InChI=1S/C14H19N3O2S/c1-4-5-6-8(2)17-12-10-9(3)11(14(18)19)20-13(10)16-7-15-12/h7-8H,4-6H2,1-3H3,(H,18,19)(H,15,16,17). The molecule has 0 radical (unpaired) electrons. The van der Waals surface area contributed by atoms with Crippen LogP contribution in [0.15, 0.2) is 6.33 Å². The average Bonchev–Trinajstić information content (AvgIpc) is 2.75. The number of thiophene rings is 1. The number of nitrogens with zero attached hydrogens (tertiary/aromatic N) is 2. The average molecular weight is 293 g/mol. The Balaban J connectivity index is 2.36. The van der Waals surface area contributed by atoms with Crippen LogP contribution in [0.3, 0.4) is 0 Å². The predicted molar refractivity (Wildman–Crippen MR) is 81.7 cm³/mol. The molecular formula is C14H19N3O2S. The van der Waals surface area contributed by atoms with Crippen LogP contribution in [0.4, 0.5) is 5.82 Å². The normalized spacial score (nSPS) is 12.6. The second kappa shape index (κ2) is 6.17. The number of unbranched alkanes of at least 4 members (excludes halogenated alkanes) is 1. The molecule has 0 saturated heterocycles. The van der Waals surface area contributed by atoms with Crippen LogP contribution < -0.4 is 5.32 Å². The molecule has 0 bridgehead atoms. The first-order valence-corrected chi connectivity index (χ1v) is 7.60. The molecule has 1 atom stereocenters. The summed E-state index contributed by atoms with van der Waals surface area (Å²) >= 11 is 1.20. The van der Waals surface area contributed by atoms with Gasteiger partial charge in [0.05, 0.1) is 5.39 Å². The number of hydrogen-bond donors (Lipinski definition) is 2. The van der Waals surface area contributed by atoms with Crippen LogP contribution in [0.5, 0.6) is 0 Å². The maximum Gasteiger partial charge on any atom is 0.346 e. The molecule has 0 amide bonds. The van der Waals surface area contributed by atoms with Crippen LogP contribution in [0, 0.1) is 6.92 Å². The zero-order valence-corrected chi connectivity index (χ0v) is 12.8. The maximum absolute atomic E-state index is 11.2. The topological polar surface area (TPSA) is 75.1 Å². The van der Waals surface area contributed by atoms with Crippen molar-refractivity contribution < 1.29 is 9.90 Å². The number of fused-ring (bicyclic) bond motifs is 1. The molecule has 2 heterocycles. The molecule has 1 unspecified atom stereocenters. The SMILES string of the molecule is CCCCC(C)Nc1ncnc2sc(C(=O)O)c(C)c12. The summed E-state index contributed by atoms with van der Waals surface area (Å²) in [7, 11) is 0. The molecule has 0 spiro atoms. The third-order valence-corrected chi connectivity index (χ3v) is 4.48. The Hall–Kier alpha value is -1.69. The molecule has 0 saturated carbocycles. The monoisotopic (exact) mass is 293 g/mol. The number of hydrogen-bond acceptors (Lipinski definition) is 5. The number of aromatic nitrogens is 2. The van der Waals surface area contributed by atoms with Gasteiger partial charge in [-0.2, -0.15) is 0 Å². The van der Waals surface area contributed by atoms with Gasteiger partial charge in [-0.3, -0.25) is 0 Å². The van der Waals surface area contributed by atoms with E-state index in [9.17, 15) is 9.90 Å². The Morgan fingerprint density at radius 2 is 2.25 bits per heavy atom. The van der Waals surface area contributed by atoms with E-state index in [2.05, 4.69) is 29.1 Å². The quantitative estimate of drug-likeness (QED) is 0.849. The van der Waals surface area contributed by atoms with Crippen molar-refractivity contribution in [2.75, 3.05) is 5.32 Å². The van der Waals surface area contributed by atoms with E-state index >= 15 is 0 Å². The van der Waals surface area contributed by atoms with Crippen LogP contribution in [-0.4, -0.2) is 27.1 Å². The lowest BCUT2D eigenvalue weighted by Crippen LogP contribution is -2.16. The molecule has 0 aliphatic rings. The first kappa shape index (κ1) is 14.7. The summed E-state index contributed by atoms with van der Waals surface area (Å²) < 4.78 is 0. The summed E-state index contributed by atoms with van der Waals surface area (Å²) in [4.78, 5) is 20.7. The Kier molecular flexibility index (Phi) is 4.54. The van der Waals surface area contributed by atoms with Crippen molar-refractivity contribution in [1.29, 1.82) is 0 Å². The summed E-state index contributed by atoms with van der Waals surface area (Å²) in [6.07, 6.45) is 4.87. The van der Waals surface area contributed by atoms with E-state index in [-0.39, 0.29) is 0 Å². The van der Waals surface area contributed by atoms with Gasteiger partial charge in [0.2, 0.25) is 0 Å². The molecule has 0 fully saturated rings. The predicted octanol–water partition coefficient (Wildman–Crippen LogP) is 3.69. The molecule has 0 aliphatic carbocycles. The van der Waals surface area contributed by atoms with Crippen molar-refractivity contribution in [2.45, 2.75) is 46.1 Å². The first-order chi connectivity index (χ1) is 9.54. The van der Waals surface area contributed by atoms with Gasteiger partial charge < -0.3 is 10.4 Å². The summed E-state index contributed by atoms with van der Waals surface area (Å²) in [6, 6.07) is 0.306. The van der Waals surface area contributed by atoms with E-state index in [0.29, 0.717) is 10.9 Å². The second-order valence-electron chi connectivity index (χ2n) is 4.95. The van der Waals surface area contributed by atoms with Crippen molar-refractivity contribution in [3.8, 4) is 0 Å². The number of carbonyl (C=O) groups is 1. The van der Waals surface area contributed by atoms with Gasteiger partial charge in [-0.15, -0.1) is 11.3 Å². The largest absolute Gasteiger partial charge is 0.477 e. The van der Waals surface area contributed by atoms with Gasteiger partial charge in [0.25, 0.3) is 0 Å². The zero-order chi connectivity index (χ0) is 14.7. The molecule has 0 aliphatic heterocycles. The van der Waals surface area contributed by atoms with Gasteiger partial charge in [0.1, 0.15) is 21.9 Å². The number of rotatable bonds is 6. The fraction of sp³-hybridized carbons (Fsp3) is 0.500. The van der Waals surface area contributed by atoms with E-state index in [4.69, 9.17) is 0 Å². The van der Waals surface area contributed by atoms with E-state index in [1.165, 1.54) is 17.7 Å². The smallest absolute Gasteiger partial charge is 0.346 e.